The van der Waals surface area contributed by atoms with Crippen molar-refractivity contribution in [3.8, 4) is 5.69 Å². The van der Waals surface area contributed by atoms with Gasteiger partial charge in [-0.15, -0.1) is 0 Å². The van der Waals surface area contributed by atoms with Gasteiger partial charge in [-0.2, -0.15) is 5.10 Å². The molecule has 6 nitrogen and oxygen atoms in total. The first-order valence-electron chi connectivity index (χ1n) is 8.77. The minimum Gasteiger partial charge on any atom is -0.334 e. The van der Waals surface area contributed by atoms with Gasteiger partial charge in [0.2, 0.25) is 5.43 Å². The summed E-state index contributed by atoms with van der Waals surface area (Å²) in [5, 5.41) is 7.93. The largest absolute Gasteiger partial charge is 0.334 e. The van der Waals surface area contributed by atoms with Gasteiger partial charge in [0.25, 0.3) is 5.91 Å². The first-order chi connectivity index (χ1) is 13.8. The van der Waals surface area contributed by atoms with Crippen molar-refractivity contribution in [3.63, 3.8) is 0 Å². The number of hydrogen-bond acceptors (Lipinski definition) is 3. The molecule has 0 saturated heterocycles. The van der Waals surface area contributed by atoms with E-state index in [1.165, 1.54) is 18.3 Å². The van der Waals surface area contributed by atoms with E-state index in [4.69, 9.17) is 11.6 Å². The predicted molar refractivity (Wildman–Crippen MR) is 110 cm³/mol. The lowest BCUT2D eigenvalue weighted by Crippen LogP contribution is -2.23. The minimum absolute atomic E-state index is 0.0123. The van der Waals surface area contributed by atoms with Crippen LogP contribution in [0.15, 0.2) is 59.5 Å². The van der Waals surface area contributed by atoms with Crippen LogP contribution in [-0.2, 0) is 7.05 Å². The second-order valence-electron chi connectivity index (χ2n) is 6.62. The van der Waals surface area contributed by atoms with Gasteiger partial charge in [0, 0.05) is 24.0 Å². The summed E-state index contributed by atoms with van der Waals surface area (Å²) in [5.74, 6) is -0.903. The van der Waals surface area contributed by atoms with Crippen molar-refractivity contribution in [3.05, 3.63) is 87.0 Å². The smallest absolute Gasteiger partial charge is 0.261 e. The number of anilines is 1. The van der Waals surface area contributed by atoms with E-state index in [2.05, 4.69) is 10.4 Å². The molecule has 2 aromatic heterocycles. The Balaban J connectivity index is 1.83. The summed E-state index contributed by atoms with van der Waals surface area (Å²) in [6.45, 7) is 1.70. The molecule has 1 N–H and O–H groups in total. The molecule has 0 radical (unpaired) electrons. The number of aryl methyl sites for hydroxylation is 2. The fraction of sp³-hybridized carbons (Fsp3) is 0.0952. The average molecular weight is 411 g/mol. The second kappa shape index (κ2) is 7.18. The highest BCUT2D eigenvalue weighted by molar-refractivity contribution is 6.31. The van der Waals surface area contributed by atoms with Crippen molar-refractivity contribution in [2.45, 2.75) is 6.92 Å². The molecule has 0 bridgehead atoms. The number of aromatic nitrogens is 3. The van der Waals surface area contributed by atoms with E-state index in [0.29, 0.717) is 33.1 Å². The lowest BCUT2D eigenvalue weighted by molar-refractivity contribution is 0.102. The second-order valence-corrected chi connectivity index (χ2v) is 7.06. The van der Waals surface area contributed by atoms with Gasteiger partial charge in [0.1, 0.15) is 17.0 Å². The van der Waals surface area contributed by atoms with Crippen LogP contribution in [0.3, 0.4) is 0 Å². The molecule has 0 spiro atoms. The Kier molecular flexibility index (Phi) is 4.68. The molecule has 29 heavy (non-hydrogen) atoms. The van der Waals surface area contributed by atoms with E-state index < -0.39 is 11.3 Å². The van der Waals surface area contributed by atoms with E-state index in [0.717, 1.165) is 0 Å². The zero-order chi connectivity index (χ0) is 20.7. The summed E-state index contributed by atoms with van der Waals surface area (Å²) in [4.78, 5) is 25.8. The topological polar surface area (TPSA) is 68.9 Å². The number of rotatable bonds is 3. The van der Waals surface area contributed by atoms with Gasteiger partial charge in [-0.25, -0.2) is 9.07 Å². The predicted octanol–water partition coefficient (Wildman–Crippen LogP) is 4.08. The normalized spacial score (nSPS) is 11.0. The lowest BCUT2D eigenvalue weighted by Gasteiger charge is -2.10. The summed E-state index contributed by atoms with van der Waals surface area (Å²) < 4.78 is 16.5. The highest BCUT2D eigenvalue weighted by atomic mass is 35.5. The molecule has 0 unspecified atom stereocenters. The van der Waals surface area contributed by atoms with Crippen molar-refractivity contribution in [2.75, 3.05) is 5.32 Å². The summed E-state index contributed by atoms with van der Waals surface area (Å²) in [5.41, 5.74) is 1.64. The molecule has 4 rings (SSSR count). The van der Waals surface area contributed by atoms with E-state index in [9.17, 15) is 14.0 Å². The Hall–Kier alpha value is -3.45. The van der Waals surface area contributed by atoms with Crippen LogP contribution in [0.5, 0.6) is 0 Å². The zero-order valence-corrected chi connectivity index (χ0v) is 16.4. The highest BCUT2D eigenvalue weighted by Crippen LogP contribution is 2.21. The van der Waals surface area contributed by atoms with E-state index in [-0.39, 0.29) is 11.4 Å². The van der Waals surface area contributed by atoms with Crippen LogP contribution in [0.1, 0.15) is 16.1 Å². The number of hydrogen-bond donors (Lipinski definition) is 1. The molecule has 0 fully saturated rings. The first kappa shape index (κ1) is 18.9. The summed E-state index contributed by atoms with van der Waals surface area (Å²) >= 11 is 5.95. The molecule has 2 aromatic carbocycles. The van der Waals surface area contributed by atoms with Gasteiger partial charge >= 0.3 is 0 Å². The van der Waals surface area contributed by atoms with Gasteiger partial charge in [0.05, 0.1) is 16.8 Å². The van der Waals surface area contributed by atoms with Crippen molar-refractivity contribution >= 4 is 34.2 Å². The Morgan fingerprint density at radius 2 is 1.90 bits per heavy atom. The maximum Gasteiger partial charge on any atom is 0.261 e. The third-order valence-electron chi connectivity index (χ3n) is 4.56. The third-order valence-corrected chi connectivity index (χ3v) is 4.80. The van der Waals surface area contributed by atoms with Gasteiger partial charge in [-0.3, -0.25) is 9.59 Å². The monoisotopic (exact) mass is 410 g/mol. The molecular formula is C21H16ClFN4O2. The molecule has 2 heterocycles. The SMILES string of the molecule is Cc1nn(-c2ccc(F)cc2)c2c1c(=O)c(C(=O)Nc1cccc(Cl)c1)cn2C. The fourth-order valence-corrected chi connectivity index (χ4v) is 3.43. The maximum atomic E-state index is 13.3. The quantitative estimate of drug-likeness (QED) is 0.553. The Morgan fingerprint density at radius 3 is 2.59 bits per heavy atom. The first-order valence-corrected chi connectivity index (χ1v) is 9.15. The van der Waals surface area contributed by atoms with Crippen LogP contribution in [0.4, 0.5) is 10.1 Å². The fourth-order valence-electron chi connectivity index (χ4n) is 3.24. The van der Waals surface area contributed by atoms with Crippen molar-refractivity contribution < 1.29 is 9.18 Å². The number of amides is 1. The van der Waals surface area contributed by atoms with E-state index in [1.807, 2.05) is 0 Å². The van der Waals surface area contributed by atoms with Crippen LogP contribution in [0, 0.1) is 12.7 Å². The molecular weight excluding hydrogens is 395 g/mol. The van der Waals surface area contributed by atoms with Gasteiger partial charge in [-0.1, -0.05) is 17.7 Å². The molecule has 0 saturated carbocycles. The number of pyridine rings is 1. The van der Waals surface area contributed by atoms with Gasteiger partial charge < -0.3 is 9.88 Å². The van der Waals surface area contributed by atoms with Gasteiger partial charge in [-0.05, 0) is 49.4 Å². The Morgan fingerprint density at radius 1 is 1.17 bits per heavy atom. The maximum absolute atomic E-state index is 13.3. The van der Waals surface area contributed by atoms with Crippen LogP contribution in [0.25, 0.3) is 16.7 Å². The van der Waals surface area contributed by atoms with Crippen LogP contribution >= 0.6 is 11.6 Å². The van der Waals surface area contributed by atoms with Crippen LogP contribution in [0.2, 0.25) is 5.02 Å². The number of nitrogens with zero attached hydrogens (tertiary/aromatic N) is 3. The lowest BCUT2D eigenvalue weighted by atomic mass is 10.1. The number of carbonyl (C=O) groups is 1. The molecule has 0 aliphatic rings. The number of halogens is 2. The number of benzene rings is 2. The number of nitrogens with one attached hydrogen (secondary N) is 1. The molecule has 1 amide bonds. The summed E-state index contributed by atoms with van der Waals surface area (Å²) in [6.07, 6.45) is 1.46. The van der Waals surface area contributed by atoms with E-state index in [1.54, 1.807) is 59.6 Å². The summed E-state index contributed by atoms with van der Waals surface area (Å²) in [7, 11) is 1.72. The minimum atomic E-state index is -0.538. The third kappa shape index (κ3) is 3.40. The molecule has 4 aromatic rings. The molecule has 0 aliphatic carbocycles. The highest BCUT2D eigenvalue weighted by Gasteiger charge is 2.21. The van der Waals surface area contributed by atoms with Crippen molar-refractivity contribution in [1.82, 2.24) is 14.3 Å². The molecule has 146 valence electrons. The van der Waals surface area contributed by atoms with Crippen molar-refractivity contribution in [2.24, 2.45) is 7.05 Å². The van der Waals surface area contributed by atoms with Crippen LogP contribution in [-0.4, -0.2) is 20.3 Å². The molecule has 0 atom stereocenters. The summed E-state index contributed by atoms with van der Waals surface area (Å²) in [6, 6.07) is 12.5. The number of carbonyl (C=O) groups excluding carboxylic acids is 1. The van der Waals surface area contributed by atoms with Gasteiger partial charge in [0.15, 0.2) is 0 Å². The number of fused-ring (bicyclic) bond motifs is 1. The average Bonchev–Trinajstić information content (AvgIpc) is 3.03. The Bertz CT molecular complexity index is 1310. The van der Waals surface area contributed by atoms with Crippen LogP contribution < -0.4 is 10.7 Å². The molecule has 0 aliphatic heterocycles. The Labute approximate surface area is 170 Å². The molecule has 8 heteroatoms. The standard InChI is InChI=1S/C21H16ClFN4O2/c1-12-18-19(28)17(20(29)24-15-5-3-4-13(22)10-15)11-26(2)21(18)27(25-12)16-8-6-14(23)7-9-16/h3-11H,1-2H3,(H,24,29). The van der Waals surface area contributed by atoms with E-state index >= 15 is 0 Å². The van der Waals surface area contributed by atoms with Crippen molar-refractivity contribution in [1.29, 1.82) is 0 Å². The zero-order valence-electron chi connectivity index (χ0n) is 15.6.